The molecule has 1 aromatic heterocycles. The molecular weight excluding hydrogens is 514 g/mol. The van der Waals surface area contributed by atoms with Gasteiger partial charge in [-0.2, -0.15) is 18.2 Å². The molecule has 0 saturated heterocycles. The highest BCUT2D eigenvalue weighted by atomic mass is 127. The standard InChI is InChI=1S/C19H26F3N5O2.HI/c1-13(2)17-26-16(29-27-17)8-9-24-18(23-3)25-10-14-4-6-15(7-5-14)11-28-12-19(20,21)22;/h4-7,13H,8-12H2,1-3H3,(H2,23,24,25);1H. The van der Waals surface area contributed by atoms with Crippen LogP contribution in [0.15, 0.2) is 33.8 Å². The lowest BCUT2D eigenvalue weighted by molar-refractivity contribution is -0.176. The Morgan fingerprint density at radius 3 is 2.40 bits per heavy atom. The molecule has 2 N–H and O–H groups in total. The number of aromatic nitrogens is 2. The molecule has 168 valence electrons. The van der Waals surface area contributed by atoms with Crippen LogP contribution in [0, 0.1) is 0 Å². The van der Waals surface area contributed by atoms with Crippen molar-refractivity contribution >= 4 is 29.9 Å². The molecule has 7 nitrogen and oxygen atoms in total. The van der Waals surface area contributed by atoms with Crippen molar-refractivity contribution in [2.45, 2.75) is 45.5 Å². The van der Waals surface area contributed by atoms with Gasteiger partial charge in [0.25, 0.3) is 0 Å². The van der Waals surface area contributed by atoms with Gasteiger partial charge in [-0.1, -0.05) is 43.3 Å². The Balaban J connectivity index is 0.00000450. The van der Waals surface area contributed by atoms with E-state index >= 15 is 0 Å². The predicted octanol–water partition coefficient (Wildman–Crippen LogP) is 3.80. The van der Waals surface area contributed by atoms with Crippen molar-refractivity contribution < 1.29 is 22.4 Å². The van der Waals surface area contributed by atoms with E-state index in [0.29, 0.717) is 42.7 Å². The summed E-state index contributed by atoms with van der Waals surface area (Å²) in [5, 5.41) is 10.3. The number of rotatable bonds is 9. The second kappa shape index (κ2) is 12.7. The van der Waals surface area contributed by atoms with Crippen molar-refractivity contribution in [1.82, 2.24) is 20.8 Å². The number of hydrogen-bond acceptors (Lipinski definition) is 5. The maximum Gasteiger partial charge on any atom is 0.411 e. The summed E-state index contributed by atoms with van der Waals surface area (Å²) in [6, 6.07) is 7.15. The number of alkyl halides is 3. The van der Waals surface area contributed by atoms with Crippen LogP contribution in [0.2, 0.25) is 0 Å². The highest BCUT2D eigenvalue weighted by molar-refractivity contribution is 14.0. The zero-order valence-electron chi connectivity index (χ0n) is 17.1. The molecule has 2 rings (SSSR count). The lowest BCUT2D eigenvalue weighted by Gasteiger charge is -2.12. The second-order valence-corrected chi connectivity index (χ2v) is 6.73. The molecule has 0 aliphatic rings. The maximum atomic E-state index is 12.1. The molecule has 0 aliphatic carbocycles. The minimum atomic E-state index is -4.31. The van der Waals surface area contributed by atoms with Crippen molar-refractivity contribution in [3.05, 3.63) is 47.1 Å². The zero-order chi connectivity index (χ0) is 21.3. The molecule has 0 radical (unpaired) electrons. The Labute approximate surface area is 190 Å². The summed E-state index contributed by atoms with van der Waals surface area (Å²) in [6.07, 6.45) is -3.74. The lowest BCUT2D eigenvalue weighted by Crippen LogP contribution is -2.37. The number of aliphatic imine (C=N–C) groups is 1. The Kier molecular flexibility index (Phi) is 11.1. The van der Waals surface area contributed by atoms with E-state index in [1.165, 1.54) is 0 Å². The van der Waals surface area contributed by atoms with Gasteiger partial charge in [0.15, 0.2) is 11.8 Å². The summed E-state index contributed by atoms with van der Waals surface area (Å²) in [6.45, 7) is 3.77. The molecule has 0 amide bonds. The van der Waals surface area contributed by atoms with Crippen molar-refractivity contribution in [3.63, 3.8) is 0 Å². The summed E-state index contributed by atoms with van der Waals surface area (Å²) < 4.78 is 46.1. The van der Waals surface area contributed by atoms with Crippen LogP contribution in [0.4, 0.5) is 13.2 Å². The van der Waals surface area contributed by atoms with Crippen LogP contribution in [0.3, 0.4) is 0 Å². The zero-order valence-corrected chi connectivity index (χ0v) is 19.5. The van der Waals surface area contributed by atoms with E-state index in [4.69, 9.17) is 4.52 Å². The molecule has 0 aliphatic heterocycles. The van der Waals surface area contributed by atoms with E-state index in [-0.39, 0.29) is 36.5 Å². The van der Waals surface area contributed by atoms with Crippen LogP contribution in [-0.4, -0.2) is 42.5 Å². The number of halogens is 4. The number of benzene rings is 1. The third kappa shape index (κ3) is 9.74. The summed E-state index contributed by atoms with van der Waals surface area (Å²) in [5.41, 5.74) is 1.65. The Bertz CT molecular complexity index is 779. The predicted molar refractivity (Wildman–Crippen MR) is 118 cm³/mol. The number of guanidine groups is 1. The molecule has 30 heavy (non-hydrogen) atoms. The monoisotopic (exact) mass is 541 g/mol. The average Bonchev–Trinajstić information content (AvgIpc) is 3.14. The van der Waals surface area contributed by atoms with Gasteiger partial charge in [-0.25, -0.2) is 0 Å². The van der Waals surface area contributed by atoms with Gasteiger partial charge in [0.05, 0.1) is 6.61 Å². The number of hydrogen-bond donors (Lipinski definition) is 2. The van der Waals surface area contributed by atoms with E-state index in [0.717, 1.165) is 5.56 Å². The molecule has 0 bridgehead atoms. The molecule has 0 atom stereocenters. The SMILES string of the molecule is CN=C(NCCc1nc(C(C)C)no1)NCc1ccc(COCC(F)(F)F)cc1.I. The largest absolute Gasteiger partial charge is 0.411 e. The molecule has 0 fully saturated rings. The first-order valence-electron chi connectivity index (χ1n) is 9.26. The average molecular weight is 541 g/mol. The van der Waals surface area contributed by atoms with Gasteiger partial charge in [0.2, 0.25) is 5.89 Å². The van der Waals surface area contributed by atoms with Crippen molar-refractivity contribution in [1.29, 1.82) is 0 Å². The summed E-state index contributed by atoms with van der Waals surface area (Å²) in [7, 11) is 1.67. The minimum Gasteiger partial charge on any atom is -0.367 e. The van der Waals surface area contributed by atoms with Crippen LogP contribution < -0.4 is 10.6 Å². The van der Waals surface area contributed by atoms with Crippen LogP contribution >= 0.6 is 24.0 Å². The van der Waals surface area contributed by atoms with Crippen LogP contribution in [0.5, 0.6) is 0 Å². The van der Waals surface area contributed by atoms with Gasteiger partial charge in [0.1, 0.15) is 6.61 Å². The Morgan fingerprint density at radius 1 is 1.17 bits per heavy atom. The maximum absolute atomic E-state index is 12.1. The fourth-order valence-corrected chi connectivity index (χ4v) is 2.34. The topological polar surface area (TPSA) is 84.6 Å². The third-order valence-corrected chi connectivity index (χ3v) is 3.87. The quantitative estimate of drug-likeness (QED) is 0.286. The number of nitrogens with one attached hydrogen (secondary N) is 2. The first-order valence-corrected chi connectivity index (χ1v) is 9.26. The van der Waals surface area contributed by atoms with Gasteiger partial charge >= 0.3 is 6.18 Å². The van der Waals surface area contributed by atoms with Crippen LogP contribution in [0.25, 0.3) is 0 Å². The van der Waals surface area contributed by atoms with Gasteiger partial charge < -0.3 is 19.9 Å². The van der Waals surface area contributed by atoms with E-state index in [1.807, 2.05) is 26.0 Å². The lowest BCUT2D eigenvalue weighted by atomic mass is 10.1. The molecule has 0 spiro atoms. The van der Waals surface area contributed by atoms with Crippen LogP contribution in [0.1, 0.15) is 42.6 Å². The number of nitrogens with zero attached hydrogens (tertiary/aromatic N) is 3. The Morgan fingerprint density at radius 2 is 1.83 bits per heavy atom. The summed E-state index contributed by atoms with van der Waals surface area (Å²) in [5.74, 6) is 2.10. The fourth-order valence-electron chi connectivity index (χ4n) is 2.34. The second-order valence-electron chi connectivity index (χ2n) is 6.73. The van der Waals surface area contributed by atoms with E-state index in [2.05, 4.69) is 30.5 Å². The first kappa shape index (κ1) is 26.1. The van der Waals surface area contributed by atoms with Crippen molar-refractivity contribution in [3.8, 4) is 0 Å². The third-order valence-electron chi connectivity index (χ3n) is 3.87. The first-order chi connectivity index (χ1) is 13.8. The summed E-state index contributed by atoms with van der Waals surface area (Å²) in [4.78, 5) is 8.47. The van der Waals surface area contributed by atoms with Gasteiger partial charge in [0, 0.05) is 32.5 Å². The van der Waals surface area contributed by atoms with Crippen molar-refractivity contribution in [2.75, 3.05) is 20.2 Å². The molecule has 0 saturated carbocycles. The molecule has 1 aromatic carbocycles. The summed E-state index contributed by atoms with van der Waals surface area (Å²) >= 11 is 0. The van der Waals surface area contributed by atoms with Crippen molar-refractivity contribution in [2.24, 2.45) is 4.99 Å². The van der Waals surface area contributed by atoms with E-state index < -0.39 is 12.8 Å². The highest BCUT2D eigenvalue weighted by Gasteiger charge is 2.27. The van der Waals surface area contributed by atoms with Gasteiger partial charge in [-0.15, -0.1) is 24.0 Å². The minimum absolute atomic E-state index is 0. The Hall–Kier alpha value is -1.89. The molecular formula is C19H27F3IN5O2. The smallest absolute Gasteiger partial charge is 0.367 e. The molecule has 1 heterocycles. The van der Waals surface area contributed by atoms with E-state index in [1.54, 1.807) is 19.2 Å². The normalized spacial score (nSPS) is 12.0. The van der Waals surface area contributed by atoms with Crippen LogP contribution in [-0.2, 0) is 24.3 Å². The van der Waals surface area contributed by atoms with E-state index in [9.17, 15) is 13.2 Å². The molecule has 0 unspecified atom stereocenters. The van der Waals surface area contributed by atoms with Gasteiger partial charge in [-0.05, 0) is 11.1 Å². The fraction of sp³-hybridized carbons (Fsp3) is 0.526. The molecule has 2 aromatic rings. The molecule has 11 heteroatoms. The highest BCUT2D eigenvalue weighted by Crippen LogP contribution is 2.16. The number of ether oxygens (including phenoxy) is 1. The van der Waals surface area contributed by atoms with Gasteiger partial charge in [-0.3, -0.25) is 4.99 Å².